The number of nitrogens with one attached hydrogen (secondary N) is 1. The summed E-state index contributed by atoms with van der Waals surface area (Å²) in [6.07, 6.45) is 0.0720. The zero-order valence-corrected chi connectivity index (χ0v) is 16.0. The molecule has 3 aromatic rings. The molecule has 0 fully saturated rings. The van der Waals surface area contributed by atoms with E-state index in [2.05, 4.69) is 10.3 Å². The quantitative estimate of drug-likeness (QED) is 0.637. The lowest BCUT2D eigenvalue weighted by Crippen LogP contribution is -2.43. The zero-order chi connectivity index (χ0) is 20.1. The number of carboxylic acids is 1. The molecule has 5 nitrogen and oxygen atoms in total. The summed E-state index contributed by atoms with van der Waals surface area (Å²) < 4.78 is 13.0. The van der Waals surface area contributed by atoms with E-state index in [-0.39, 0.29) is 12.8 Å². The van der Waals surface area contributed by atoms with Gasteiger partial charge < -0.3 is 10.4 Å². The van der Waals surface area contributed by atoms with Crippen molar-refractivity contribution < 1.29 is 19.1 Å². The number of aliphatic carboxylic acids is 1. The Morgan fingerprint density at radius 2 is 1.82 bits per heavy atom. The van der Waals surface area contributed by atoms with Crippen LogP contribution < -0.4 is 5.32 Å². The highest BCUT2D eigenvalue weighted by Gasteiger charge is 2.21. The minimum absolute atomic E-state index is 0.00441. The first-order valence-corrected chi connectivity index (χ1v) is 9.57. The number of benzene rings is 2. The highest BCUT2D eigenvalue weighted by Crippen LogP contribution is 2.24. The maximum Gasteiger partial charge on any atom is 0.326 e. The van der Waals surface area contributed by atoms with Crippen LogP contribution in [0.5, 0.6) is 0 Å². The molecule has 0 aliphatic heterocycles. The van der Waals surface area contributed by atoms with E-state index in [1.807, 2.05) is 31.2 Å². The van der Waals surface area contributed by atoms with Gasteiger partial charge in [0.1, 0.15) is 16.9 Å². The normalized spacial score (nSPS) is 11.8. The Bertz CT molecular complexity index is 968. The Kier molecular flexibility index (Phi) is 6.16. The van der Waals surface area contributed by atoms with Gasteiger partial charge in [-0.1, -0.05) is 42.0 Å². The number of carbonyl (C=O) groups is 2. The van der Waals surface area contributed by atoms with Crippen molar-refractivity contribution in [1.29, 1.82) is 0 Å². The number of aryl methyl sites for hydroxylation is 1. The maximum atomic E-state index is 13.0. The second-order valence-corrected chi connectivity index (χ2v) is 7.33. The summed E-state index contributed by atoms with van der Waals surface area (Å²) in [4.78, 5) is 28.2. The Morgan fingerprint density at radius 3 is 2.46 bits per heavy atom. The minimum atomic E-state index is -1.14. The molecule has 2 N–H and O–H groups in total. The van der Waals surface area contributed by atoms with E-state index < -0.39 is 23.7 Å². The van der Waals surface area contributed by atoms with Crippen LogP contribution in [0.15, 0.2) is 53.9 Å². The number of halogens is 1. The fraction of sp³-hybridized carbons (Fsp3) is 0.190. The molecule has 0 bridgehead atoms. The van der Waals surface area contributed by atoms with Gasteiger partial charge in [0, 0.05) is 17.4 Å². The van der Waals surface area contributed by atoms with Gasteiger partial charge in [-0.25, -0.2) is 14.2 Å². The number of hydrogen-bond donors (Lipinski definition) is 2. The predicted molar refractivity (Wildman–Crippen MR) is 106 cm³/mol. The van der Waals surface area contributed by atoms with Crippen molar-refractivity contribution in [2.45, 2.75) is 25.8 Å². The van der Waals surface area contributed by atoms with Crippen LogP contribution in [0.1, 0.15) is 16.8 Å². The molecule has 3 rings (SSSR count). The van der Waals surface area contributed by atoms with Crippen molar-refractivity contribution in [3.63, 3.8) is 0 Å². The second-order valence-electron chi connectivity index (χ2n) is 6.48. The molecule has 2 aromatic carbocycles. The molecule has 0 saturated carbocycles. The molecule has 7 heteroatoms. The van der Waals surface area contributed by atoms with Crippen LogP contribution in [0, 0.1) is 12.7 Å². The third-order valence-corrected chi connectivity index (χ3v) is 5.12. The molecule has 1 aromatic heterocycles. The monoisotopic (exact) mass is 398 g/mol. The molecule has 144 valence electrons. The SMILES string of the molecule is Cc1ccc(-c2nc(CC(=O)NC(Cc3ccc(F)cc3)C(=O)O)cs2)cc1. The van der Waals surface area contributed by atoms with E-state index in [4.69, 9.17) is 0 Å². The summed E-state index contributed by atoms with van der Waals surface area (Å²) in [5.74, 6) is -1.96. The first kappa shape index (κ1) is 19.7. The molecule has 28 heavy (non-hydrogen) atoms. The maximum absolute atomic E-state index is 13.0. The number of carbonyl (C=O) groups excluding carboxylic acids is 1. The smallest absolute Gasteiger partial charge is 0.326 e. The minimum Gasteiger partial charge on any atom is -0.480 e. The van der Waals surface area contributed by atoms with Crippen LogP contribution in [0.25, 0.3) is 10.6 Å². The first-order valence-electron chi connectivity index (χ1n) is 8.69. The van der Waals surface area contributed by atoms with Gasteiger partial charge in [-0.05, 0) is 24.6 Å². The molecule has 1 heterocycles. The number of aromatic nitrogens is 1. The Morgan fingerprint density at radius 1 is 1.14 bits per heavy atom. The average molecular weight is 398 g/mol. The summed E-state index contributed by atoms with van der Waals surface area (Å²) >= 11 is 1.44. The van der Waals surface area contributed by atoms with Gasteiger partial charge in [-0.15, -0.1) is 11.3 Å². The second kappa shape index (κ2) is 8.75. The Balaban J connectivity index is 1.62. The fourth-order valence-electron chi connectivity index (χ4n) is 2.68. The van der Waals surface area contributed by atoms with Crippen LogP contribution in [0.3, 0.4) is 0 Å². The molecular formula is C21H19FN2O3S. The summed E-state index contributed by atoms with van der Waals surface area (Å²) in [5.41, 5.74) is 3.34. The van der Waals surface area contributed by atoms with Gasteiger partial charge >= 0.3 is 5.97 Å². The topological polar surface area (TPSA) is 79.3 Å². The lowest BCUT2D eigenvalue weighted by atomic mass is 10.1. The molecule has 0 aliphatic rings. The van der Waals surface area contributed by atoms with Crippen molar-refractivity contribution in [1.82, 2.24) is 10.3 Å². The van der Waals surface area contributed by atoms with E-state index in [1.54, 1.807) is 5.38 Å². The highest BCUT2D eigenvalue weighted by molar-refractivity contribution is 7.13. The average Bonchev–Trinajstić information content (AvgIpc) is 3.11. The number of rotatable bonds is 7. The van der Waals surface area contributed by atoms with Gasteiger partial charge in [0.2, 0.25) is 5.91 Å². The molecule has 0 aliphatic carbocycles. The number of amides is 1. The van der Waals surface area contributed by atoms with E-state index in [0.29, 0.717) is 11.3 Å². The van der Waals surface area contributed by atoms with E-state index in [9.17, 15) is 19.1 Å². The van der Waals surface area contributed by atoms with Gasteiger partial charge in [-0.3, -0.25) is 4.79 Å². The molecular weight excluding hydrogens is 379 g/mol. The van der Waals surface area contributed by atoms with Crippen LogP contribution in [-0.4, -0.2) is 28.0 Å². The van der Waals surface area contributed by atoms with Crippen molar-refractivity contribution in [3.05, 3.63) is 76.5 Å². The van der Waals surface area contributed by atoms with E-state index >= 15 is 0 Å². The van der Waals surface area contributed by atoms with Crippen LogP contribution >= 0.6 is 11.3 Å². The van der Waals surface area contributed by atoms with Gasteiger partial charge in [0.25, 0.3) is 0 Å². The van der Waals surface area contributed by atoms with Crippen molar-refractivity contribution >= 4 is 23.2 Å². The van der Waals surface area contributed by atoms with Gasteiger partial charge in [0.15, 0.2) is 0 Å². The molecule has 1 unspecified atom stereocenters. The lowest BCUT2D eigenvalue weighted by Gasteiger charge is -2.14. The van der Waals surface area contributed by atoms with E-state index in [0.717, 1.165) is 16.1 Å². The Hall–Kier alpha value is -3.06. The summed E-state index contributed by atoms with van der Waals surface area (Å²) in [5, 5.41) is 14.5. The fourth-order valence-corrected chi connectivity index (χ4v) is 3.51. The van der Waals surface area contributed by atoms with Crippen molar-refractivity contribution in [3.8, 4) is 10.6 Å². The standard InChI is InChI=1S/C21H19FN2O3S/c1-13-2-6-15(7-3-13)20-23-17(12-28-20)11-19(25)24-18(21(26)27)10-14-4-8-16(22)9-5-14/h2-9,12,18H,10-11H2,1H3,(H,24,25)(H,26,27). The zero-order valence-electron chi connectivity index (χ0n) is 15.2. The van der Waals surface area contributed by atoms with Crippen LogP contribution in [-0.2, 0) is 22.4 Å². The van der Waals surface area contributed by atoms with Crippen molar-refractivity contribution in [2.75, 3.05) is 0 Å². The third kappa shape index (κ3) is 5.23. The highest BCUT2D eigenvalue weighted by atomic mass is 32.1. The van der Waals surface area contributed by atoms with E-state index in [1.165, 1.54) is 35.6 Å². The van der Waals surface area contributed by atoms with Gasteiger partial charge in [0.05, 0.1) is 12.1 Å². The molecule has 1 amide bonds. The number of carboxylic acid groups (broad SMARTS) is 1. The summed E-state index contributed by atoms with van der Waals surface area (Å²) in [7, 11) is 0. The van der Waals surface area contributed by atoms with Crippen LogP contribution in [0.4, 0.5) is 4.39 Å². The third-order valence-electron chi connectivity index (χ3n) is 4.18. The number of thiazole rings is 1. The van der Waals surface area contributed by atoms with Crippen LogP contribution in [0.2, 0.25) is 0 Å². The molecule has 1 atom stereocenters. The molecule has 0 spiro atoms. The molecule has 0 radical (unpaired) electrons. The molecule has 0 saturated heterocycles. The number of nitrogens with zero attached hydrogens (tertiary/aromatic N) is 1. The summed E-state index contributed by atoms with van der Waals surface area (Å²) in [6.45, 7) is 2.01. The number of hydrogen-bond acceptors (Lipinski definition) is 4. The Labute approximate surface area is 165 Å². The summed E-state index contributed by atoms with van der Waals surface area (Å²) in [6, 6.07) is 12.4. The lowest BCUT2D eigenvalue weighted by molar-refractivity contribution is -0.141. The largest absolute Gasteiger partial charge is 0.480 e. The first-order chi connectivity index (χ1) is 13.4. The van der Waals surface area contributed by atoms with Gasteiger partial charge in [-0.2, -0.15) is 0 Å². The predicted octanol–water partition coefficient (Wildman–Crippen LogP) is 3.61. The van der Waals surface area contributed by atoms with Crippen molar-refractivity contribution in [2.24, 2.45) is 0 Å².